The van der Waals surface area contributed by atoms with E-state index in [4.69, 9.17) is 0 Å². The predicted molar refractivity (Wildman–Crippen MR) is 23.1 cm³/mol. The normalized spacial score (nSPS) is 16.8. The second-order valence-electron chi connectivity index (χ2n) is 1.80. The van der Waals surface area contributed by atoms with Gasteiger partial charge in [0.25, 0.3) is 0 Å². The molecule has 0 bridgehead atoms. The zero-order valence-corrected chi connectivity index (χ0v) is 5.29. The van der Waals surface area contributed by atoms with Crippen molar-refractivity contribution in [3.8, 4) is 0 Å². The highest BCUT2D eigenvalue weighted by molar-refractivity contribution is 5.80. The highest BCUT2D eigenvalue weighted by Gasteiger charge is 2.64. The van der Waals surface area contributed by atoms with Crippen LogP contribution >= 0.6 is 0 Å². The number of alkyl halides is 5. The SMILES string of the molecule is O=C(OF)C(F)(CF)C(F)(F)F. The summed E-state index contributed by atoms with van der Waals surface area (Å²) in [6.45, 7) is -2.72. The Balaban J connectivity index is 4.80. The smallest absolute Gasteiger partial charge is 0.251 e. The summed E-state index contributed by atoms with van der Waals surface area (Å²) in [5, 5.41) is 0. The first-order valence-electron chi connectivity index (χ1n) is 2.44. The second kappa shape index (κ2) is 3.20. The average molecular weight is 196 g/mol. The van der Waals surface area contributed by atoms with Gasteiger partial charge in [0.2, 0.25) is 0 Å². The Morgan fingerprint density at radius 1 is 1.25 bits per heavy atom. The van der Waals surface area contributed by atoms with E-state index in [-0.39, 0.29) is 0 Å². The van der Waals surface area contributed by atoms with Crippen LogP contribution in [0.4, 0.5) is 26.5 Å². The zero-order chi connectivity index (χ0) is 9.99. The predicted octanol–water partition coefficient (Wildman–Crippen LogP) is 1.65. The van der Waals surface area contributed by atoms with Crippen LogP contribution in [-0.2, 0) is 9.74 Å². The summed E-state index contributed by atoms with van der Waals surface area (Å²) in [6, 6.07) is 0. The Hall–Kier alpha value is -0.950. The fourth-order valence-electron chi connectivity index (χ4n) is 0.307. The Labute approximate surface area is 62.0 Å². The van der Waals surface area contributed by atoms with Gasteiger partial charge in [-0.2, -0.15) is 13.2 Å². The van der Waals surface area contributed by atoms with Crippen molar-refractivity contribution in [3.63, 3.8) is 0 Å². The summed E-state index contributed by atoms with van der Waals surface area (Å²) in [5.74, 6) is -2.95. The van der Waals surface area contributed by atoms with Gasteiger partial charge in [-0.1, -0.05) is 0 Å². The largest absolute Gasteiger partial charge is 0.436 e. The zero-order valence-electron chi connectivity index (χ0n) is 5.29. The van der Waals surface area contributed by atoms with Gasteiger partial charge in [-0.25, -0.2) is 13.6 Å². The van der Waals surface area contributed by atoms with Crippen LogP contribution in [0, 0.1) is 0 Å². The molecule has 8 heteroatoms. The first-order valence-corrected chi connectivity index (χ1v) is 2.44. The molecule has 0 saturated heterocycles. The van der Waals surface area contributed by atoms with Crippen molar-refractivity contribution in [2.75, 3.05) is 6.67 Å². The number of halogens is 6. The third-order valence-corrected chi connectivity index (χ3v) is 1.03. The van der Waals surface area contributed by atoms with E-state index in [1.165, 1.54) is 0 Å². The molecule has 72 valence electrons. The van der Waals surface area contributed by atoms with Gasteiger partial charge in [0.1, 0.15) is 6.67 Å². The molecule has 0 N–H and O–H groups in total. The maximum absolute atomic E-state index is 12.2. The van der Waals surface area contributed by atoms with Gasteiger partial charge in [0, 0.05) is 4.53 Å². The van der Waals surface area contributed by atoms with Crippen LogP contribution in [0.15, 0.2) is 0 Å². The third kappa shape index (κ3) is 1.62. The van der Waals surface area contributed by atoms with E-state index in [2.05, 4.69) is 0 Å². The van der Waals surface area contributed by atoms with Crippen molar-refractivity contribution < 1.29 is 36.2 Å². The molecular formula is C4H2F6O2. The molecule has 0 rings (SSSR count). The monoisotopic (exact) mass is 196 g/mol. The molecule has 0 spiro atoms. The van der Waals surface area contributed by atoms with Gasteiger partial charge >= 0.3 is 17.8 Å². The minimum absolute atomic E-state index is 1.96. The van der Waals surface area contributed by atoms with Crippen LogP contribution in [-0.4, -0.2) is 24.5 Å². The van der Waals surface area contributed by atoms with Crippen LogP contribution in [0.5, 0.6) is 0 Å². The number of carbonyl (C=O) groups is 1. The van der Waals surface area contributed by atoms with Crippen molar-refractivity contribution >= 4 is 5.97 Å². The van der Waals surface area contributed by atoms with Crippen molar-refractivity contribution in [2.45, 2.75) is 11.8 Å². The molecule has 0 saturated carbocycles. The molecule has 0 radical (unpaired) electrons. The molecule has 0 aliphatic carbocycles. The molecule has 0 aromatic rings. The maximum atomic E-state index is 12.2. The number of carbonyl (C=O) groups excluding carboxylic acids is 1. The van der Waals surface area contributed by atoms with E-state index in [0.717, 1.165) is 0 Å². The lowest BCUT2D eigenvalue weighted by Gasteiger charge is -2.19. The van der Waals surface area contributed by atoms with Crippen LogP contribution in [0.2, 0.25) is 0 Å². The van der Waals surface area contributed by atoms with E-state index in [1.807, 2.05) is 4.94 Å². The lowest BCUT2D eigenvalue weighted by molar-refractivity contribution is -0.260. The molecule has 0 heterocycles. The van der Waals surface area contributed by atoms with Crippen LogP contribution in [0.25, 0.3) is 0 Å². The Morgan fingerprint density at radius 2 is 1.67 bits per heavy atom. The van der Waals surface area contributed by atoms with Crippen LogP contribution < -0.4 is 0 Å². The molecular weight excluding hydrogens is 194 g/mol. The van der Waals surface area contributed by atoms with Crippen LogP contribution in [0.3, 0.4) is 0 Å². The van der Waals surface area contributed by atoms with E-state index in [1.54, 1.807) is 0 Å². The summed E-state index contributed by atoms with van der Waals surface area (Å²) in [5.41, 5.74) is -4.91. The molecule has 0 amide bonds. The first-order chi connectivity index (χ1) is 5.29. The van der Waals surface area contributed by atoms with Crippen molar-refractivity contribution in [1.82, 2.24) is 0 Å². The fourth-order valence-corrected chi connectivity index (χ4v) is 0.307. The van der Waals surface area contributed by atoms with Gasteiger partial charge in [0.15, 0.2) is 0 Å². The van der Waals surface area contributed by atoms with Gasteiger partial charge in [-0.05, 0) is 0 Å². The molecule has 0 aromatic heterocycles. The van der Waals surface area contributed by atoms with Gasteiger partial charge in [-0.15, -0.1) is 0 Å². The Morgan fingerprint density at radius 3 is 1.75 bits per heavy atom. The molecule has 0 aliphatic rings. The minimum atomic E-state index is -5.83. The van der Waals surface area contributed by atoms with E-state index < -0.39 is 24.5 Å². The standard InChI is InChI=1S/C4H2F6O2/c5-1-3(6,2(11)12-10)4(7,8)9/h1H2. The Bertz CT molecular complexity index is 177. The van der Waals surface area contributed by atoms with Gasteiger partial charge in [0.05, 0.1) is 0 Å². The molecule has 0 aromatic carbocycles. The molecule has 0 fully saturated rings. The lowest BCUT2D eigenvalue weighted by atomic mass is 10.1. The summed E-state index contributed by atoms with van der Waals surface area (Å²) in [4.78, 5) is 11.7. The molecule has 2 nitrogen and oxygen atoms in total. The lowest BCUT2D eigenvalue weighted by Crippen LogP contribution is -2.50. The van der Waals surface area contributed by atoms with E-state index >= 15 is 0 Å². The molecule has 12 heavy (non-hydrogen) atoms. The highest BCUT2D eigenvalue weighted by atomic mass is 19.4. The molecule has 1 unspecified atom stereocenters. The van der Waals surface area contributed by atoms with Gasteiger partial charge in [-0.3, -0.25) is 4.94 Å². The summed E-state index contributed by atoms with van der Waals surface area (Å²) >= 11 is 0. The van der Waals surface area contributed by atoms with E-state index in [9.17, 15) is 31.3 Å². The Kier molecular flexibility index (Phi) is 2.94. The molecule has 0 aliphatic heterocycles. The number of hydrogen-bond donors (Lipinski definition) is 0. The van der Waals surface area contributed by atoms with Crippen LogP contribution in [0.1, 0.15) is 0 Å². The van der Waals surface area contributed by atoms with E-state index in [0.29, 0.717) is 0 Å². The quantitative estimate of drug-likeness (QED) is 0.627. The summed E-state index contributed by atoms with van der Waals surface area (Å²) < 4.78 is 68.8. The number of rotatable bonds is 2. The van der Waals surface area contributed by atoms with Crippen molar-refractivity contribution in [1.29, 1.82) is 0 Å². The van der Waals surface area contributed by atoms with Crippen molar-refractivity contribution in [3.05, 3.63) is 0 Å². The van der Waals surface area contributed by atoms with Gasteiger partial charge < -0.3 is 0 Å². The summed E-state index contributed by atoms with van der Waals surface area (Å²) in [6.07, 6.45) is -5.83. The first kappa shape index (κ1) is 11.0. The number of hydrogen-bond acceptors (Lipinski definition) is 2. The summed E-state index contributed by atoms with van der Waals surface area (Å²) in [7, 11) is 0. The fraction of sp³-hybridized carbons (Fsp3) is 0.750. The maximum Gasteiger partial charge on any atom is 0.436 e. The highest BCUT2D eigenvalue weighted by Crippen LogP contribution is 2.35. The molecule has 1 atom stereocenters. The minimum Gasteiger partial charge on any atom is -0.251 e. The van der Waals surface area contributed by atoms with Crippen molar-refractivity contribution in [2.24, 2.45) is 0 Å². The second-order valence-corrected chi connectivity index (χ2v) is 1.80. The average Bonchev–Trinajstić information content (AvgIpc) is 1.99. The topological polar surface area (TPSA) is 26.3 Å². The third-order valence-electron chi connectivity index (χ3n) is 1.03.